The molecular formula is C8H8ClNO4. The Morgan fingerprint density at radius 2 is 1.93 bits per heavy atom. The molecule has 0 amide bonds. The number of carbonyl (C=O) groups is 2. The van der Waals surface area contributed by atoms with E-state index in [-0.39, 0.29) is 23.5 Å². The zero-order valence-corrected chi connectivity index (χ0v) is 8.08. The van der Waals surface area contributed by atoms with Crippen molar-refractivity contribution in [1.82, 2.24) is 4.98 Å². The molecule has 0 bridgehead atoms. The van der Waals surface area contributed by atoms with E-state index < -0.39 is 11.9 Å². The van der Waals surface area contributed by atoms with Crippen LogP contribution in [0.15, 0.2) is 18.5 Å². The van der Waals surface area contributed by atoms with Crippen LogP contribution in [0.2, 0.25) is 0 Å². The summed E-state index contributed by atoms with van der Waals surface area (Å²) in [6.45, 7) is 0. The second kappa shape index (κ2) is 5.18. The fourth-order valence-corrected chi connectivity index (χ4v) is 0.786. The van der Waals surface area contributed by atoms with Gasteiger partial charge in [0, 0.05) is 12.4 Å². The SMILES string of the molecule is COC(=O)c1cncc(C(=O)O)c1.Cl. The summed E-state index contributed by atoms with van der Waals surface area (Å²) < 4.78 is 4.40. The number of esters is 1. The highest BCUT2D eigenvalue weighted by Crippen LogP contribution is 2.03. The number of ether oxygens (including phenoxy) is 1. The molecule has 1 aromatic heterocycles. The van der Waals surface area contributed by atoms with Gasteiger partial charge in [-0.05, 0) is 6.07 Å². The highest BCUT2D eigenvalue weighted by atomic mass is 35.5. The van der Waals surface area contributed by atoms with Gasteiger partial charge in [0.2, 0.25) is 0 Å². The molecule has 0 atom stereocenters. The third-order valence-corrected chi connectivity index (χ3v) is 1.41. The largest absolute Gasteiger partial charge is 0.478 e. The summed E-state index contributed by atoms with van der Waals surface area (Å²) in [6, 6.07) is 1.21. The van der Waals surface area contributed by atoms with Gasteiger partial charge < -0.3 is 9.84 Å². The predicted molar refractivity (Wildman–Crippen MR) is 49.8 cm³/mol. The lowest BCUT2D eigenvalue weighted by Crippen LogP contribution is -2.05. The summed E-state index contributed by atoms with van der Waals surface area (Å²) >= 11 is 0. The Bertz CT molecular complexity index is 353. The number of hydrogen-bond donors (Lipinski definition) is 1. The first-order chi connectivity index (χ1) is 6.15. The molecule has 0 saturated carbocycles. The van der Waals surface area contributed by atoms with Gasteiger partial charge in [-0.25, -0.2) is 9.59 Å². The molecule has 0 aliphatic heterocycles. The highest BCUT2D eigenvalue weighted by Gasteiger charge is 2.09. The van der Waals surface area contributed by atoms with Crippen LogP contribution in [0.1, 0.15) is 20.7 Å². The number of carboxylic acids is 1. The molecule has 0 unspecified atom stereocenters. The fraction of sp³-hybridized carbons (Fsp3) is 0.125. The van der Waals surface area contributed by atoms with Crippen molar-refractivity contribution >= 4 is 24.3 Å². The first kappa shape index (κ1) is 12.4. The van der Waals surface area contributed by atoms with E-state index in [1.807, 2.05) is 0 Å². The van der Waals surface area contributed by atoms with Gasteiger partial charge >= 0.3 is 11.9 Å². The molecule has 0 aliphatic rings. The lowest BCUT2D eigenvalue weighted by atomic mass is 10.2. The summed E-state index contributed by atoms with van der Waals surface area (Å²) in [5.41, 5.74) is 0.0882. The monoisotopic (exact) mass is 217 g/mol. The van der Waals surface area contributed by atoms with E-state index in [0.717, 1.165) is 6.20 Å². The molecule has 0 aliphatic carbocycles. The maximum atomic E-state index is 10.9. The van der Waals surface area contributed by atoms with E-state index in [1.165, 1.54) is 19.4 Å². The van der Waals surface area contributed by atoms with Gasteiger partial charge in [0.1, 0.15) is 0 Å². The molecule has 76 valence electrons. The third-order valence-electron chi connectivity index (χ3n) is 1.41. The minimum absolute atomic E-state index is 0. The Kier molecular flexibility index (Phi) is 4.58. The van der Waals surface area contributed by atoms with Gasteiger partial charge in [0.15, 0.2) is 0 Å². The van der Waals surface area contributed by atoms with Crippen LogP contribution in [0.4, 0.5) is 0 Å². The minimum atomic E-state index is -1.13. The molecule has 0 saturated heterocycles. The Morgan fingerprint density at radius 3 is 2.43 bits per heavy atom. The fourth-order valence-electron chi connectivity index (χ4n) is 0.786. The van der Waals surface area contributed by atoms with E-state index in [4.69, 9.17) is 5.11 Å². The van der Waals surface area contributed by atoms with Crippen molar-refractivity contribution < 1.29 is 19.4 Å². The van der Waals surface area contributed by atoms with Gasteiger partial charge in [0.25, 0.3) is 0 Å². The number of aromatic carboxylic acids is 1. The number of nitrogens with zero attached hydrogens (tertiary/aromatic N) is 1. The first-order valence-electron chi connectivity index (χ1n) is 3.42. The molecule has 0 radical (unpaired) electrons. The molecule has 5 nitrogen and oxygen atoms in total. The van der Waals surface area contributed by atoms with E-state index >= 15 is 0 Å². The molecular weight excluding hydrogens is 210 g/mol. The summed E-state index contributed by atoms with van der Waals surface area (Å²) in [6.07, 6.45) is 2.41. The van der Waals surface area contributed by atoms with E-state index in [2.05, 4.69) is 9.72 Å². The molecule has 14 heavy (non-hydrogen) atoms. The number of pyridine rings is 1. The van der Waals surface area contributed by atoms with Crippen LogP contribution in [0, 0.1) is 0 Å². The standard InChI is InChI=1S/C8H7NO4.ClH/c1-13-8(12)6-2-5(7(10)11)3-9-4-6;/h2-4H,1H3,(H,10,11);1H. The number of methoxy groups -OCH3 is 1. The van der Waals surface area contributed by atoms with E-state index in [0.29, 0.717) is 0 Å². The summed E-state index contributed by atoms with van der Waals surface area (Å²) in [5, 5.41) is 8.57. The zero-order chi connectivity index (χ0) is 9.84. The topological polar surface area (TPSA) is 76.5 Å². The Balaban J connectivity index is 0.00000169. The van der Waals surface area contributed by atoms with Crippen LogP contribution in [0.25, 0.3) is 0 Å². The van der Waals surface area contributed by atoms with Crippen LogP contribution in [0.5, 0.6) is 0 Å². The van der Waals surface area contributed by atoms with E-state index in [1.54, 1.807) is 0 Å². The molecule has 1 heterocycles. The molecule has 0 spiro atoms. The number of hydrogen-bond acceptors (Lipinski definition) is 4. The Morgan fingerprint density at radius 1 is 1.36 bits per heavy atom. The van der Waals surface area contributed by atoms with Crippen LogP contribution >= 0.6 is 12.4 Å². The van der Waals surface area contributed by atoms with Crippen molar-refractivity contribution in [2.45, 2.75) is 0 Å². The maximum Gasteiger partial charge on any atom is 0.339 e. The smallest absolute Gasteiger partial charge is 0.339 e. The average molecular weight is 218 g/mol. The zero-order valence-electron chi connectivity index (χ0n) is 7.26. The van der Waals surface area contributed by atoms with Crippen molar-refractivity contribution in [3.8, 4) is 0 Å². The van der Waals surface area contributed by atoms with Crippen LogP contribution in [0.3, 0.4) is 0 Å². The van der Waals surface area contributed by atoms with Crippen molar-refractivity contribution in [2.75, 3.05) is 7.11 Å². The van der Waals surface area contributed by atoms with Gasteiger partial charge in [-0.15, -0.1) is 12.4 Å². The quantitative estimate of drug-likeness (QED) is 0.748. The number of aromatic nitrogens is 1. The lowest BCUT2D eigenvalue weighted by Gasteiger charge is -1.98. The van der Waals surface area contributed by atoms with Gasteiger partial charge in [-0.1, -0.05) is 0 Å². The highest BCUT2D eigenvalue weighted by molar-refractivity contribution is 5.93. The van der Waals surface area contributed by atoms with Crippen LogP contribution < -0.4 is 0 Å². The Hall–Kier alpha value is -1.62. The van der Waals surface area contributed by atoms with Crippen molar-refractivity contribution in [2.24, 2.45) is 0 Å². The predicted octanol–water partition coefficient (Wildman–Crippen LogP) is 0.988. The normalized spacial score (nSPS) is 8.64. The lowest BCUT2D eigenvalue weighted by molar-refractivity contribution is 0.0600. The second-order valence-electron chi connectivity index (χ2n) is 2.26. The van der Waals surface area contributed by atoms with E-state index in [9.17, 15) is 9.59 Å². The van der Waals surface area contributed by atoms with Gasteiger partial charge in [-0.2, -0.15) is 0 Å². The first-order valence-corrected chi connectivity index (χ1v) is 3.42. The molecule has 0 aromatic carbocycles. The summed E-state index contributed by atoms with van der Waals surface area (Å²) in [4.78, 5) is 25.0. The van der Waals surface area contributed by atoms with Crippen molar-refractivity contribution in [1.29, 1.82) is 0 Å². The molecule has 0 fully saturated rings. The number of carbonyl (C=O) groups excluding carboxylic acids is 1. The third kappa shape index (κ3) is 2.70. The maximum absolute atomic E-state index is 10.9. The summed E-state index contributed by atoms with van der Waals surface area (Å²) in [5.74, 6) is -1.73. The molecule has 1 rings (SSSR count). The average Bonchev–Trinajstić information content (AvgIpc) is 2.17. The Labute approximate surface area is 86.1 Å². The van der Waals surface area contributed by atoms with Gasteiger partial charge in [-0.3, -0.25) is 4.98 Å². The van der Waals surface area contributed by atoms with Crippen molar-refractivity contribution in [3.63, 3.8) is 0 Å². The minimum Gasteiger partial charge on any atom is -0.478 e. The second-order valence-corrected chi connectivity index (χ2v) is 2.26. The van der Waals surface area contributed by atoms with Crippen LogP contribution in [-0.2, 0) is 4.74 Å². The summed E-state index contributed by atoms with van der Waals surface area (Å²) in [7, 11) is 1.22. The molecule has 1 aromatic rings. The van der Waals surface area contributed by atoms with Crippen molar-refractivity contribution in [3.05, 3.63) is 29.6 Å². The molecule has 1 N–H and O–H groups in total. The molecule has 6 heteroatoms. The number of halogens is 1. The number of carboxylic acid groups (broad SMARTS) is 1. The van der Waals surface area contributed by atoms with Crippen LogP contribution in [-0.4, -0.2) is 29.1 Å². The number of rotatable bonds is 2. The van der Waals surface area contributed by atoms with Gasteiger partial charge in [0.05, 0.1) is 18.2 Å².